The number of rotatable bonds is 5. The summed E-state index contributed by atoms with van der Waals surface area (Å²) >= 11 is 0. The Balaban J connectivity index is 1.57. The van der Waals surface area contributed by atoms with Crippen molar-refractivity contribution in [2.75, 3.05) is 16.0 Å². The maximum absolute atomic E-state index is 12.2. The van der Waals surface area contributed by atoms with E-state index in [0.29, 0.717) is 17.1 Å². The van der Waals surface area contributed by atoms with Crippen molar-refractivity contribution in [1.29, 1.82) is 0 Å². The number of carbonyl (C=O) groups excluding carboxylic acids is 2. The largest absolute Gasteiger partial charge is 0.334 e. The average Bonchev–Trinajstić information content (AvgIpc) is 2.69. The molecule has 4 amide bonds. The molecule has 0 aliphatic rings. The number of amides is 4. The van der Waals surface area contributed by atoms with Crippen LogP contribution in [0.25, 0.3) is 0 Å². The highest BCUT2D eigenvalue weighted by atomic mass is 16.2. The predicted octanol–water partition coefficient (Wildman–Crippen LogP) is 4.65. The lowest BCUT2D eigenvalue weighted by Crippen LogP contribution is -2.29. The molecule has 0 spiro atoms. The first kappa shape index (κ1) is 18.0. The summed E-state index contributed by atoms with van der Waals surface area (Å²) in [5.74, 6) is 0. The number of anilines is 3. The number of hydrogen-bond donors (Lipinski definition) is 4. The number of nitrogens with one attached hydrogen (secondary N) is 4. The van der Waals surface area contributed by atoms with E-state index in [1.165, 1.54) is 0 Å². The van der Waals surface area contributed by atoms with E-state index in [1.54, 1.807) is 18.2 Å². The van der Waals surface area contributed by atoms with Gasteiger partial charge < -0.3 is 21.3 Å². The Labute approximate surface area is 157 Å². The van der Waals surface area contributed by atoms with Crippen molar-refractivity contribution in [1.82, 2.24) is 5.32 Å². The summed E-state index contributed by atoms with van der Waals surface area (Å²) in [5.41, 5.74) is 2.84. The van der Waals surface area contributed by atoms with Crippen LogP contribution in [0, 0.1) is 0 Å². The van der Waals surface area contributed by atoms with Gasteiger partial charge in [0.25, 0.3) is 0 Å². The summed E-state index contributed by atoms with van der Waals surface area (Å²) in [6, 6.07) is 25.0. The molecule has 0 aromatic heterocycles. The van der Waals surface area contributed by atoms with Gasteiger partial charge in [0.1, 0.15) is 0 Å². The lowest BCUT2D eigenvalue weighted by Gasteiger charge is -2.13. The molecule has 0 saturated carbocycles. The van der Waals surface area contributed by atoms with Gasteiger partial charge in [0.2, 0.25) is 0 Å². The van der Waals surface area contributed by atoms with Gasteiger partial charge >= 0.3 is 12.1 Å². The second-order valence-electron chi connectivity index (χ2n) is 5.78. The highest BCUT2D eigenvalue weighted by Crippen LogP contribution is 2.16. The molecule has 0 bridgehead atoms. The Morgan fingerprint density at radius 2 is 1.11 bits per heavy atom. The second-order valence-corrected chi connectivity index (χ2v) is 5.78. The van der Waals surface area contributed by atoms with Crippen molar-refractivity contribution in [3.05, 3.63) is 90.5 Å². The topological polar surface area (TPSA) is 82.3 Å². The maximum atomic E-state index is 12.2. The van der Waals surface area contributed by atoms with E-state index >= 15 is 0 Å². The van der Waals surface area contributed by atoms with Gasteiger partial charge in [0.15, 0.2) is 0 Å². The maximum Gasteiger partial charge on any atom is 0.323 e. The number of urea groups is 2. The molecule has 4 N–H and O–H groups in total. The summed E-state index contributed by atoms with van der Waals surface area (Å²) in [5, 5.41) is 11.1. The molecule has 136 valence electrons. The third kappa shape index (κ3) is 5.61. The molecule has 6 heteroatoms. The van der Waals surface area contributed by atoms with Crippen molar-refractivity contribution in [2.24, 2.45) is 0 Å². The van der Waals surface area contributed by atoms with Crippen LogP contribution in [-0.2, 0) is 6.54 Å². The monoisotopic (exact) mass is 360 g/mol. The summed E-state index contributed by atoms with van der Waals surface area (Å²) in [6.07, 6.45) is 0. The Bertz CT molecular complexity index is 898. The standard InChI is InChI=1S/C21H20N4O2/c26-20(23-17-10-3-1-4-11-17)22-15-16-9-7-8-14-19(16)25-21(27)24-18-12-5-2-6-13-18/h1-14H,15H2,(H2,22,23,26)(H2,24,25,27). The summed E-state index contributed by atoms with van der Waals surface area (Å²) in [6.45, 7) is 0.278. The molecule has 0 fully saturated rings. The van der Waals surface area contributed by atoms with Gasteiger partial charge in [-0.05, 0) is 35.9 Å². The van der Waals surface area contributed by atoms with Gasteiger partial charge in [0, 0.05) is 23.6 Å². The third-order valence-electron chi connectivity index (χ3n) is 3.77. The van der Waals surface area contributed by atoms with Crippen molar-refractivity contribution >= 4 is 29.1 Å². The van der Waals surface area contributed by atoms with Gasteiger partial charge in [0.05, 0.1) is 0 Å². The van der Waals surface area contributed by atoms with Crippen LogP contribution < -0.4 is 21.3 Å². The molecule has 0 aliphatic carbocycles. The van der Waals surface area contributed by atoms with Crippen LogP contribution in [-0.4, -0.2) is 12.1 Å². The minimum Gasteiger partial charge on any atom is -0.334 e. The number of carbonyl (C=O) groups is 2. The molecule has 3 aromatic rings. The van der Waals surface area contributed by atoms with Crippen LogP contribution in [0.15, 0.2) is 84.9 Å². The highest BCUT2D eigenvalue weighted by Gasteiger charge is 2.08. The molecule has 0 heterocycles. The number of benzene rings is 3. The molecule has 6 nitrogen and oxygen atoms in total. The fraction of sp³-hybridized carbons (Fsp3) is 0.0476. The zero-order valence-corrected chi connectivity index (χ0v) is 14.6. The molecule has 0 aliphatic heterocycles. The van der Waals surface area contributed by atoms with Gasteiger partial charge in [-0.25, -0.2) is 9.59 Å². The Kier molecular flexibility index (Phi) is 6.04. The lowest BCUT2D eigenvalue weighted by atomic mass is 10.2. The molecular weight excluding hydrogens is 340 g/mol. The molecule has 0 unspecified atom stereocenters. The van der Waals surface area contributed by atoms with Crippen LogP contribution >= 0.6 is 0 Å². The molecule has 3 aromatic carbocycles. The van der Waals surface area contributed by atoms with Crippen LogP contribution in [0.3, 0.4) is 0 Å². The number of para-hydroxylation sites is 3. The van der Waals surface area contributed by atoms with Crippen molar-refractivity contribution in [3.8, 4) is 0 Å². The zero-order chi connectivity index (χ0) is 18.9. The van der Waals surface area contributed by atoms with Crippen molar-refractivity contribution in [2.45, 2.75) is 6.54 Å². The first-order valence-electron chi connectivity index (χ1n) is 8.51. The lowest BCUT2D eigenvalue weighted by molar-refractivity contribution is 0.251. The van der Waals surface area contributed by atoms with Gasteiger partial charge in [-0.1, -0.05) is 54.6 Å². The molecule has 3 rings (SSSR count). The fourth-order valence-electron chi connectivity index (χ4n) is 2.47. The summed E-state index contributed by atoms with van der Waals surface area (Å²) in [7, 11) is 0. The third-order valence-corrected chi connectivity index (χ3v) is 3.77. The molecule has 0 saturated heterocycles. The minimum absolute atomic E-state index is 0.278. The molecule has 0 radical (unpaired) electrons. The van der Waals surface area contributed by atoms with E-state index in [4.69, 9.17) is 0 Å². The minimum atomic E-state index is -0.345. The van der Waals surface area contributed by atoms with Crippen LogP contribution in [0.5, 0.6) is 0 Å². The van der Waals surface area contributed by atoms with Gasteiger partial charge in [-0.2, -0.15) is 0 Å². The van der Waals surface area contributed by atoms with E-state index < -0.39 is 0 Å². The Hall–Kier alpha value is -3.80. The van der Waals surface area contributed by atoms with Crippen molar-refractivity contribution < 1.29 is 9.59 Å². The number of hydrogen-bond acceptors (Lipinski definition) is 2. The van der Waals surface area contributed by atoms with Crippen LogP contribution in [0.1, 0.15) is 5.56 Å². The second kappa shape index (κ2) is 9.05. The zero-order valence-electron chi connectivity index (χ0n) is 14.6. The normalized spacial score (nSPS) is 9.93. The highest BCUT2D eigenvalue weighted by molar-refractivity contribution is 6.00. The Morgan fingerprint density at radius 1 is 0.593 bits per heavy atom. The molecule has 0 atom stereocenters. The van der Waals surface area contributed by atoms with Gasteiger partial charge in [-0.3, -0.25) is 0 Å². The first-order valence-corrected chi connectivity index (χ1v) is 8.51. The van der Waals surface area contributed by atoms with Crippen molar-refractivity contribution in [3.63, 3.8) is 0 Å². The molecular formula is C21H20N4O2. The molecule has 27 heavy (non-hydrogen) atoms. The quantitative estimate of drug-likeness (QED) is 0.534. The van der Waals surface area contributed by atoms with Gasteiger partial charge in [-0.15, -0.1) is 0 Å². The smallest absolute Gasteiger partial charge is 0.323 e. The van der Waals surface area contributed by atoms with Crippen LogP contribution in [0.2, 0.25) is 0 Å². The van der Waals surface area contributed by atoms with E-state index in [2.05, 4.69) is 21.3 Å². The van der Waals surface area contributed by atoms with E-state index in [1.807, 2.05) is 66.7 Å². The fourth-order valence-corrected chi connectivity index (χ4v) is 2.47. The summed E-state index contributed by atoms with van der Waals surface area (Å²) < 4.78 is 0. The Morgan fingerprint density at radius 3 is 1.74 bits per heavy atom. The van der Waals surface area contributed by atoms with E-state index in [0.717, 1.165) is 5.56 Å². The van der Waals surface area contributed by atoms with E-state index in [-0.39, 0.29) is 18.6 Å². The average molecular weight is 360 g/mol. The summed E-state index contributed by atoms with van der Waals surface area (Å²) in [4.78, 5) is 24.2. The van der Waals surface area contributed by atoms with Crippen LogP contribution in [0.4, 0.5) is 26.7 Å². The van der Waals surface area contributed by atoms with E-state index in [9.17, 15) is 9.59 Å². The first-order chi connectivity index (χ1) is 13.2. The predicted molar refractivity (Wildman–Crippen MR) is 108 cm³/mol. The SMILES string of the molecule is O=C(NCc1ccccc1NC(=O)Nc1ccccc1)Nc1ccccc1.